The van der Waals surface area contributed by atoms with E-state index >= 15 is 0 Å². The Morgan fingerprint density at radius 1 is 1.18 bits per heavy atom. The number of nitro groups is 1. The van der Waals surface area contributed by atoms with Crippen molar-refractivity contribution in [2.45, 2.75) is 52.1 Å². The summed E-state index contributed by atoms with van der Waals surface area (Å²) in [6, 6.07) is 12.4. The SMILES string of the molecule is CCCC1=C([C@H](O)CC/C(C)=C/c2ccccc2O)[C@H](CO)[C@@H]2C(=O)N(c3cccc([N+](=O)[O-])c3)C(=O)[C@@H]2C1. The van der Waals surface area contributed by atoms with Gasteiger partial charge in [0.25, 0.3) is 5.69 Å². The summed E-state index contributed by atoms with van der Waals surface area (Å²) in [6.07, 6.45) is 3.50. The van der Waals surface area contributed by atoms with E-state index in [-0.39, 0.29) is 17.1 Å². The summed E-state index contributed by atoms with van der Waals surface area (Å²) in [4.78, 5) is 38.8. The molecule has 2 amide bonds. The van der Waals surface area contributed by atoms with Gasteiger partial charge in [-0.25, -0.2) is 4.90 Å². The molecule has 2 aromatic rings. The number of non-ortho nitro benzene ring substituents is 1. The highest BCUT2D eigenvalue weighted by atomic mass is 16.6. The number of amides is 2. The third-order valence-electron chi connectivity index (χ3n) is 7.74. The van der Waals surface area contributed by atoms with Crippen LogP contribution in [0.2, 0.25) is 0 Å². The minimum atomic E-state index is -0.924. The van der Waals surface area contributed by atoms with Gasteiger partial charge in [0.05, 0.1) is 35.2 Å². The maximum atomic E-state index is 13.6. The molecule has 39 heavy (non-hydrogen) atoms. The van der Waals surface area contributed by atoms with E-state index in [2.05, 4.69) is 0 Å². The Kier molecular flexibility index (Phi) is 8.62. The first-order valence-corrected chi connectivity index (χ1v) is 13.3. The highest BCUT2D eigenvalue weighted by Gasteiger charge is 2.55. The van der Waals surface area contributed by atoms with E-state index in [9.17, 15) is 35.0 Å². The van der Waals surface area contributed by atoms with Gasteiger partial charge in [-0.15, -0.1) is 0 Å². The summed E-state index contributed by atoms with van der Waals surface area (Å²) in [5, 5.41) is 43.2. The average molecular weight is 535 g/mol. The van der Waals surface area contributed by atoms with Gasteiger partial charge in [0.15, 0.2) is 0 Å². The molecule has 0 saturated carbocycles. The van der Waals surface area contributed by atoms with Crippen molar-refractivity contribution in [3.05, 3.63) is 80.9 Å². The molecule has 0 bridgehead atoms. The third kappa shape index (κ3) is 5.65. The summed E-state index contributed by atoms with van der Waals surface area (Å²) in [5.74, 6) is -3.07. The van der Waals surface area contributed by atoms with Crippen molar-refractivity contribution in [2.75, 3.05) is 11.5 Å². The van der Waals surface area contributed by atoms with Crippen LogP contribution in [0.3, 0.4) is 0 Å². The summed E-state index contributed by atoms with van der Waals surface area (Å²) in [7, 11) is 0. The number of allylic oxidation sites excluding steroid dienone is 2. The maximum Gasteiger partial charge on any atom is 0.271 e. The van der Waals surface area contributed by atoms with E-state index < -0.39 is 47.2 Å². The van der Waals surface area contributed by atoms with Crippen LogP contribution in [0.4, 0.5) is 11.4 Å². The van der Waals surface area contributed by atoms with E-state index in [0.717, 1.165) is 22.5 Å². The van der Waals surface area contributed by atoms with Gasteiger partial charge in [-0.2, -0.15) is 0 Å². The number of carbonyl (C=O) groups excluding carboxylic acids is 2. The molecule has 0 unspecified atom stereocenters. The van der Waals surface area contributed by atoms with Crippen LogP contribution in [0.15, 0.2) is 65.3 Å². The molecule has 4 rings (SSSR count). The van der Waals surface area contributed by atoms with Gasteiger partial charge in [-0.1, -0.05) is 54.8 Å². The quantitative estimate of drug-likeness (QED) is 0.173. The van der Waals surface area contributed by atoms with Crippen LogP contribution in [-0.2, 0) is 9.59 Å². The zero-order chi connectivity index (χ0) is 28.3. The van der Waals surface area contributed by atoms with Crippen molar-refractivity contribution in [2.24, 2.45) is 17.8 Å². The van der Waals surface area contributed by atoms with Crippen LogP contribution in [0, 0.1) is 27.9 Å². The molecule has 206 valence electrons. The molecule has 3 N–H and O–H groups in total. The Labute approximate surface area is 227 Å². The van der Waals surface area contributed by atoms with Crippen LogP contribution in [0.5, 0.6) is 5.75 Å². The molecule has 2 aromatic carbocycles. The van der Waals surface area contributed by atoms with Gasteiger partial charge in [0.2, 0.25) is 11.8 Å². The van der Waals surface area contributed by atoms with E-state index in [4.69, 9.17) is 0 Å². The number of phenolic OH excluding ortho intramolecular Hbond substituents is 1. The fraction of sp³-hybridized carbons (Fsp3) is 0.400. The van der Waals surface area contributed by atoms with Gasteiger partial charge in [0.1, 0.15) is 5.75 Å². The number of para-hydroxylation sites is 1. The summed E-state index contributed by atoms with van der Waals surface area (Å²) >= 11 is 0. The molecule has 1 heterocycles. The number of anilines is 1. The molecule has 1 aliphatic heterocycles. The molecule has 1 aliphatic carbocycles. The van der Waals surface area contributed by atoms with Crippen molar-refractivity contribution >= 4 is 29.3 Å². The molecule has 9 nitrogen and oxygen atoms in total. The summed E-state index contributed by atoms with van der Waals surface area (Å²) in [5.41, 5.74) is 3.05. The van der Waals surface area contributed by atoms with Crippen LogP contribution in [0.1, 0.15) is 51.5 Å². The lowest BCUT2D eigenvalue weighted by molar-refractivity contribution is -0.384. The van der Waals surface area contributed by atoms with E-state index in [0.29, 0.717) is 36.8 Å². The maximum absolute atomic E-state index is 13.6. The molecule has 1 saturated heterocycles. The van der Waals surface area contributed by atoms with Crippen molar-refractivity contribution in [3.8, 4) is 5.75 Å². The van der Waals surface area contributed by atoms with E-state index in [1.807, 2.05) is 26.0 Å². The van der Waals surface area contributed by atoms with E-state index in [1.54, 1.807) is 18.2 Å². The van der Waals surface area contributed by atoms with Crippen LogP contribution >= 0.6 is 0 Å². The first-order chi connectivity index (χ1) is 18.7. The van der Waals surface area contributed by atoms with Crippen molar-refractivity contribution in [1.82, 2.24) is 0 Å². The lowest BCUT2D eigenvalue weighted by Gasteiger charge is -2.36. The number of fused-ring (bicyclic) bond motifs is 1. The monoisotopic (exact) mass is 534 g/mol. The zero-order valence-corrected chi connectivity index (χ0v) is 22.1. The van der Waals surface area contributed by atoms with Crippen LogP contribution in [0.25, 0.3) is 6.08 Å². The minimum Gasteiger partial charge on any atom is -0.507 e. The number of aliphatic hydroxyl groups is 2. The molecule has 0 radical (unpaired) electrons. The minimum absolute atomic E-state index is 0.134. The van der Waals surface area contributed by atoms with Gasteiger partial charge in [-0.05, 0) is 50.3 Å². The molecule has 2 aliphatic rings. The smallest absolute Gasteiger partial charge is 0.271 e. The second-order valence-corrected chi connectivity index (χ2v) is 10.3. The van der Waals surface area contributed by atoms with Gasteiger partial charge < -0.3 is 15.3 Å². The van der Waals surface area contributed by atoms with Crippen molar-refractivity contribution < 1.29 is 29.8 Å². The number of nitrogens with zero attached hydrogens (tertiary/aromatic N) is 2. The van der Waals surface area contributed by atoms with E-state index in [1.165, 1.54) is 24.3 Å². The second-order valence-electron chi connectivity index (χ2n) is 10.3. The van der Waals surface area contributed by atoms with Gasteiger partial charge in [0, 0.05) is 23.6 Å². The number of rotatable bonds is 10. The summed E-state index contributed by atoms with van der Waals surface area (Å²) in [6.45, 7) is 3.50. The highest BCUT2D eigenvalue weighted by molar-refractivity contribution is 6.22. The molecular weight excluding hydrogens is 500 g/mol. The zero-order valence-electron chi connectivity index (χ0n) is 22.1. The second kappa shape index (κ2) is 11.9. The van der Waals surface area contributed by atoms with Gasteiger partial charge >= 0.3 is 0 Å². The standard InChI is InChI=1S/C30H34N2O7/c1-3-7-20-15-23-28(30(37)31(29(23)36)21-9-6-10-22(16-21)32(38)39)24(17-33)27(20)26(35)13-12-18(2)14-19-8-4-5-11-25(19)34/h4-6,8-11,14,16,23-24,26,28,33-35H,3,7,12-13,15,17H2,1-2H3/b18-14+/t23-,24+,26-,28-/m1/s1. The predicted octanol–water partition coefficient (Wildman–Crippen LogP) is 4.76. The Hall–Kier alpha value is -3.82. The van der Waals surface area contributed by atoms with Crippen molar-refractivity contribution in [1.29, 1.82) is 0 Å². The Morgan fingerprint density at radius 3 is 2.59 bits per heavy atom. The van der Waals surface area contributed by atoms with Gasteiger partial charge in [-0.3, -0.25) is 19.7 Å². The normalized spacial score (nSPS) is 22.3. The fourth-order valence-corrected chi connectivity index (χ4v) is 5.97. The topological polar surface area (TPSA) is 141 Å². The van der Waals surface area contributed by atoms with Crippen LogP contribution < -0.4 is 4.90 Å². The predicted molar refractivity (Wildman–Crippen MR) is 147 cm³/mol. The molecule has 9 heteroatoms. The Morgan fingerprint density at radius 2 is 1.92 bits per heavy atom. The number of benzene rings is 2. The number of nitro benzene ring substituents is 1. The highest BCUT2D eigenvalue weighted by Crippen LogP contribution is 2.48. The number of imide groups is 1. The largest absolute Gasteiger partial charge is 0.507 e. The fourth-order valence-electron chi connectivity index (χ4n) is 5.97. The first-order valence-electron chi connectivity index (χ1n) is 13.3. The number of aromatic hydroxyl groups is 1. The number of hydrogen-bond donors (Lipinski definition) is 3. The number of phenols is 1. The lowest BCUT2D eigenvalue weighted by Crippen LogP contribution is -2.39. The van der Waals surface area contributed by atoms with Crippen molar-refractivity contribution in [3.63, 3.8) is 0 Å². The Balaban J connectivity index is 1.61. The lowest BCUT2D eigenvalue weighted by atomic mass is 9.67. The Bertz CT molecular complexity index is 1330. The summed E-state index contributed by atoms with van der Waals surface area (Å²) < 4.78 is 0. The number of carbonyl (C=O) groups is 2. The number of hydrogen-bond acceptors (Lipinski definition) is 7. The van der Waals surface area contributed by atoms with Crippen LogP contribution in [-0.4, -0.2) is 44.8 Å². The average Bonchev–Trinajstić information content (AvgIpc) is 3.17. The number of aliphatic hydroxyl groups excluding tert-OH is 2. The first kappa shape index (κ1) is 28.2. The third-order valence-corrected chi connectivity index (χ3v) is 7.74. The molecular formula is C30H34N2O7. The molecule has 0 aromatic heterocycles. The molecule has 1 fully saturated rings. The molecule has 4 atom stereocenters. The molecule has 0 spiro atoms.